The molecule has 0 fully saturated rings. The average Bonchev–Trinajstić information content (AvgIpc) is 2.91. The van der Waals surface area contributed by atoms with Crippen LogP contribution in [0.5, 0.6) is 0 Å². The quantitative estimate of drug-likeness (QED) is 0.260. The van der Waals surface area contributed by atoms with Crippen LogP contribution in [0.25, 0.3) is 11.3 Å². The van der Waals surface area contributed by atoms with Crippen LogP contribution < -0.4 is 5.32 Å². The fourth-order valence-corrected chi connectivity index (χ4v) is 5.06. The van der Waals surface area contributed by atoms with Gasteiger partial charge in [-0.25, -0.2) is 9.97 Å². The van der Waals surface area contributed by atoms with Crippen molar-refractivity contribution in [2.45, 2.75) is 38.5 Å². The minimum absolute atomic E-state index is 0.266. The lowest BCUT2D eigenvalue weighted by Crippen LogP contribution is -2.22. The molecular weight excluding hydrogens is 464 g/mol. The number of hydrogen-bond acceptors (Lipinski definition) is 4. The van der Waals surface area contributed by atoms with E-state index in [0.29, 0.717) is 5.95 Å². The van der Waals surface area contributed by atoms with Gasteiger partial charge in [0.05, 0.1) is 5.69 Å². The summed E-state index contributed by atoms with van der Waals surface area (Å²) in [4.78, 5) is 12.0. The number of nitrogens with zero attached hydrogens (tertiary/aromatic N) is 3. The smallest absolute Gasteiger partial charge is 0.227 e. The summed E-state index contributed by atoms with van der Waals surface area (Å²) >= 11 is 6.14. The molecule has 0 spiro atoms. The van der Waals surface area contributed by atoms with Gasteiger partial charge in [-0.15, -0.1) is 0 Å². The number of anilines is 2. The molecule has 1 aromatic heterocycles. The molecule has 1 unspecified atom stereocenters. The maximum atomic E-state index is 6.14. The third-order valence-corrected chi connectivity index (χ3v) is 7.29. The fraction of sp³-hybridized carbons (Fsp3) is 0.290. The lowest BCUT2D eigenvalue weighted by atomic mass is 9.78. The van der Waals surface area contributed by atoms with E-state index in [1.165, 1.54) is 40.7 Å². The van der Waals surface area contributed by atoms with Gasteiger partial charge in [0.15, 0.2) is 0 Å². The monoisotopic (exact) mass is 496 g/mol. The second-order valence-electron chi connectivity index (χ2n) is 9.69. The predicted molar refractivity (Wildman–Crippen MR) is 150 cm³/mol. The molecule has 4 nitrogen and oxygen atoms in total. The first-order chi connectivity index (χ1) is 17.6. The Kier molecular flexibility index (Phi) is 7.64. The molecule has 1 aliphatic rings. The molecule has 1 N–H and O–H groups in total. The average molecular weight is 497 g/mol. The van der Waals surface area contributed by atoms with E-state index in [2.05, 4.69) is 89.8 Å². The van der Waals surface area contributed by atoms with Gasteiger partial charge in [0.1, 0.15) is 0 Å². The number of halogens is 1. The van der Waals surface area contributed by atoms with Crippen molar-refractivity contribution in [3.63, 3.8) is 0 Å². The van der Waals surface area contributed by atoms with Crippen LogP contribution >= 0.6 is 11.6 Å². The molecular formula is C31H33ClN4. The van der Waals surface area contributed by atoms with Gasteiger partial charge >= 0.3 is 0 Å². The van der Waals surface area contributed by atoms with Crippen molar-refractivity contribution in [2.24, 2.45) is 0 Å². The molecule has 0 saturated carbocycles. The molecule has 36 heavy (non-hydrogen) atoms. The molecule has 0 amide bonds. The van der Waals surface area contributed by atoms with Gasteiger partial charge in [0.25, 0.3) is 0 Å². The Balaban J connectivity index is 1.31. The molecule has 0 radical (unpaired) electrons. The van der Waals surface area contributed by atoms with E-state index in [1.54, 1.807) is 0 Å². The fourth-order valence-electron chi connectivity index (χ4n) is 4.93. The van der Waals surface area contributed by atoms with E-state index in [9.17, 15) is 0 Å². The largest absolute Gasteiger partial charge is 0.324 e. The summed E-state index contributed by atoms with van der Waals surface area (Å²) in [5.74, 6) is 0.891. The summed E-state index contributed by atoms with van der Waals surface area (Å²) in [6.45, 7) is 4.48. The van der Waals surface area contributed by atoms with Crippen molar-refractivity contribution in [2.75, 3.05) is 25.5 Å². The number of unbranched alkanes of at least 4 members (excludes halogenated alkanes) is 1. The van der Waals surface area contributed by atoms with Crippen molar-refractivity contribution in [3.8, 4) is 11.3 Å². The van der Waals surface area contributed by atoms with Gasteiger partial charge in [-0.05, 0) is 79.4 Å². The number of hydrogen-bond donors (Lipinski definition) is 1. The molecule has 3 aromatic carbocycles. The molecule has 0 bridgehead atoms. The first-order valence-corrected chi connectivity index (χ1v) is 13.2. The summed E-state index contributed by atoms with van der Waals surface area (Å²) in [6.07, 6.45) is 6.40. The number of fused-ring (bicyclic) bond motifs is 3. The summed E-state index contributed by atoms with van der Waals surface area (Å²) < 4.78 is 0. The molecule has 0 saturated heterocycles. The topological polar surface area (TPSA) is 41.0 Å². The van der Waals surface area contributed by atoms with Crippen LogP contribution in [0.3, 0.4) is 0 Å². The van der Waals surface area contributed by atoms with Gasteiger partial charge in [0.2, 0.25) is 5.95 Å². The molecule has 1 heterocycles. The van der Waals surface area contributed by atoms with Crippen molar-refractivity contribution >= 4 is 23.2 Å². The Morgan fingerprint density at radius 2 is 1.75 bits per heavy atom. The number of benzene rings is 3. The van der Waals surface area contributed by atoms with Gasteiger partial charge in [-0.3, -0.25) is 0 Å². The Hall–Kier alpha value is -3.21. The van der Waals surface area contributed by atoms with E-state index in [4.69, 9.17) is 16.6 Å². The minimum atomic E-state index is 0.266. The highest BCUT2D eigenvalue weighted by molar-refractivity contribution is 6.30. The molecule has 1 atom stereocenters. The molecule has 0 aliphatic heterocycles. The van der Waals surface area contributed by atoms with Crippen LogP contribution in [0.2, 0.25) is 5.02 Å². The van der Waals surface area contributed by atoms with Gasteiger partial charge in [-0.2, -0.15) is 0 Å². The maximum Gasteiger partial charge on any atom is 0.227 e. The Bertz CT molecular complexity index is 1300. The van der Waals surface area contributed by atoms with Crippen LogP contribution in [0.4, 0.5) is 11.6 Å². The SMILES string of the molecule is CCCCN(C)CCc1ccc(Nc2ncc3c(n2)-c2ccccc2C(c2ccc(Cl)cc2)C3)cc1. The standard InChI is InChI=1S/C31H33ClN4/c1-3-4-18-36(2)19-17-22-9-15-26(16-10-22)34-31-33-21-24-20-29(23-11-13-25(32)14-12-23)27-7-5-6-8-28(27)30(24)35-31/h5-16,21,29H,3-4,17-20H2,1-2H3,(H,33,34,35). The van der Waals surface area contributed by atoms with E-state index in [1.807, 2.05) is 18.3 Å². The maximum absolute atomic E-state index is 6.14. The summed E-state index contributed by atoms with van der Waals surface area (Å²) in [6, 6.07) is 25.4. The number of nitrogens with one attached hydrogen (secondary N) is 1. The summed E-state index contributed by atoms with van der Waals surface area (Å²) in [7, 11) is 2.20. The van der Waals surface area contributed by atoms with E-state index < -0.39 is 0 Å². The normalized spacial score (nSPS) is 14.4. The predicted octanol–water partition coefficient (Wildman–Crippen LogP) is 7.50. The molecule has 5 rings (SSSR count). The lowest BCUT2D eigenvalue weighted by molar-refractivity contribution is 0.332. The Morgan fingerprint density at radius 3 is 2.53 bits per heavy atom. The third kappa shape index (κ3) is 5.61. The van der Waals surface area contributed by atoms with Crippen LogP contribution in [-0.4, -0.2) is 35.0 Å². The van der Waals surface area contributed by atoms with Crippen molar-refractivity contribution in [3.05, 3.63) is 106 Å². The number of rotatable bonds is 9. The van der Waals surface area contributed by atoms with Crippen LogP contribution in [0.1, 0.15) is 47.9 Å². The van der Waals surface area contributed by atoms with E-state index in [0.717, 1.165) is 42.3 Å². The molecule has 4 aromatic rings. The third-order valence-electron chi connectivity index (χ3n) is 7.04. The van der Waals surface area contributed by atoms with Crippen molar-refractivity contribution in [1.29, 1.82) is 0 Å². The zero-order valence-corrected chi connectivity index (χ0v) is 21.8. The van der Waals surface area contributed by atoms with Crippen LogP contribution in [0, 0.1) is 0 Å². The second-order valence-corrected chi connectivity index (χ2v) is 10.1. The number of likely N-dealkylation sites (N-methyl/N-ethyl adjacent to an activating group) is 1. The Morgan fingerprint density at radius 1 is 0.972 bits per heavy atom. The zero-order chi connectivity index (χ0) is 24.9. The summed E-state index contributed by atoms with van der Waals surface area (Å²) in [5, 5.41) is 4.17. The van der Waals surface area contributed by atoms with Crippen molar-refractivity contribution in [1.82, 2.24) is 14.9 Å². The Labute approximate surface area is 219 Å². The first-order valence-electron chi connectivity index (χ1n) is 12.9. The van der Waals surface area contributed by atoms with Crippen LogP contribution in [-0.2, 0) is 12.8 Å². The zero-order valence-electron chi connectivity index (χ0n) is 21.0. The lowest BCUT2D eigenvalue weighted by Gasteiger charge is -2.27. The van der Waals surface area contributed by atoms with Gasteiger partial charge < -0.3 is 10.2 Å². The number of aromatic nitrogens is 2. The highest BCUT2D eigenvalue weighted by atomic mass is 35.5. The molecule has 184 valence electrons. The van der Waals surface area contributed by atoms with E-state index in [-0.39, 0.29) is 5.92 Å². The summed E-state index contributed by atoms with van der Waals surface area (Å²) in [5.41, 5.74) is 8.26. The molecule has 5 heteroatoms. The highest BCUT2D eigenvalue weighted by Gasteiger charge is 2.27. The van der Waals surface area contributed by atoms with Gasteiger partial charge in [0, 0.05) is 34.9 Å². The van der Waals surface area contributed by atoms with Gasteiger partial charge in [-0.1, -0.05) is 73.5 Å². The van der Waals surface area contributed by atoms with E-state index >= 15 is 0 Å². The second kappa shape index (κ2) is 11.2. The minimum Gasteiger partial charge on any atom is -0.324 e. The highest BCUT2D eigenvalue weighted by Crippen LogP contribution is 2.42. The first kappa shape index (κ1) is 24.5. The van der Waals surface area contributed by atoms with Crippen LogP contribution in [0.15, 0.2) is 79.0 Å². The van der Waals surface area contributed by atoms with Crippen molar-refractivity contribution < 1.29 is 0 Å². The molecule has 1 aliphatic carbocycles.